The van der Waals surface area contributed by atoms with E-state index in [9.17, 15) is 9.59 Å². The molecule has 0 bridgehead atoms. The number of likely N-dealkylation sites (tertiary alicyclic amines) is 1. The Morgan fingerprint density at radius 1 is 1.19 bits per heavy atom. The molecule has 6 nitrogen and oxygen atoms in total. The van der Waals surface area contributed by atoms with Crippen molar-refractivity contribution in [3.8, 4) is 0 Å². The standard InChI is InChI=1S/C19H28N4O2.ClH/c1-14-6-8-16(9-7-14)22-19(25)21-12-15-4-3-11-23(13-15)18(24)17-5-2-10-20-17;/h6-9,15,17,20H,2-5,10-13H2,1H3,(H2,21,22,25);1H. The van der Waals surface area contributed by atoms with Crippen molar-refractivity contribution in [2.45, 2.75) is 38.6 Å². The molecule has 0 aromatic heterocycles. The van der Waals surface area contributed by atoms with Gasteiger partial charge in [-0.2, -0.15) is 0 Å². The van der Waals surface area contributed by atoms with Crippen LogP contribution >= 0.6 is 12.4 Å². The summed E-state index contributed by atoms with van der Waals surface area (Å²) in [6, 6.07) is 7.53. The summed E-state index contributed by atoms with van der Waals surface area (Å²) in [6.45, 7) is 5.12. The number of hydrogen-bond acceptors (Lipinski definition) is 3. The second-order valence-electron chi connectivity index (χ2n) is 7.14. The lowest BCUT2D eigenvalue weighted by atomic mass is 9.97. The van der Waals surface area contributed by atoms with Crippen LogP contribution in [0.15, 0.2) is 24.3 Å². The Balaban J connectivity index is 0.00000243. The molecule has 2 unspecified atom stereocenters. The molecule has 2 heterocycles. The van der Waals surface area contributed by atoms with Crippen LogP contribution in [0.25, 0.3) is 0 Å². The molecule has 1 aromatic rings. The van der Waals surface area contributed by atoms with Crippen LogP contribution in [0.4, 0.5) is 10.5 Å². The molecule has 0 aliphatic carbocycles. The molecule has 3 N–H and O–H groups in total. The van der Waals surface area contributed by atoms with E-state index in [4.69, 9.17) is 0 Å². The molecule has 3 rings (SSSR count). The number of carbonyl (C=O) groups excluding carboxylic acids is 2. The van der Waals surface area contributed by atoms with Gasteiger partial charge in [0.05, 0.1) is 6.04 Å². The van der Waals surface area contributed by atoms with Crippen LogP contribution in [-0.2, 0) is 4.79 Å². The molecule has 2 saturated heterocycles. The molecular formula is C19H29ClN4O2. The number of hydrogen-bond donors (Lipinski definition) is 3. The van der Waals surface area contributed by atoms with Crippen molar-refractivity contribution in [3.63, 3.8) is 0 Å². The number of anilines is 1. The first-order chi connectivity index (χ1) is 12.1. The number of benzene rings is 1. The maximum atomic E-state index is 12.5. The maximum absolute atomic E-state index is 12.5. The van der Waals surface area contributed by atoms with Gasteiger partial charge in [0.15, 0.2) is 0 Å². The summed E-state index contributed by atoms with van der Waals surface area (Å²) in [5.41, 5.74) is 1.95. The number of aryl methyl sites for hydroxylation is 1. The SMILES string of the molecule is Cc1ccc(NC(=O)NCC2CCCN(C(=O)C3CCCN3)C2)cc1.Cl. The first-order valence-corrected chi connectivity index (χ1v) is 9.25. The Hall–Kier alpha value is -1.79. The molecule has 2 aliphatic rings. The average molecular weight is 381 g/mol. The molecule has 0 spiro atoms. The van der Waals surface area contributed by atoms with Crippen molar-refractivity contribution in [1.29, 1.82) is 0 Å². The highest BCUT2D eigenvalue weighted by Crippen LogP contribution is 2.18. The highest BCUT2D eigenvalue weighted by molar-refractivity contribution is 5.89. The Morgan fingerprint density at radius 2 is 1.96 bits per heavy atom. The van der Waals surface area contributed by atoms with Crippen LogP contribution in [0, 0.1) is 12.8 Å². The number of carbonyl (C=O) groups is 2. The van der Waals surface area contributed by atoms with Crippen molar-refractivity contribution in [1.82, 2.24) is 15.5 Å². The van der Waals surface area contributed by atoms with Crippen molar-refractivity contribution in [2.75, 3.05) is 31.5 Å². The van der Waals surface area contributed by atoms with Crippen LogP contribution in [0.5, 0.6) is 0 Å². The Morgan fingerprint density at radius 3 is 2.65 bits per heavy atom. The minimum Gasteiger partial charge on any atom is -0.341 e. The zero-order valence-electron chi connectivity index (χ0n) is 15.3. The van der Waals surface area contributed by atoms with E-state index >= 15 is 0 Å². The summed E-state index contributed by atoms with van der Waals surface area (Å²) in [5.74, 6) is 0.550. The van der Waals surface area contributed by atoms with Crippen molar-refractivity contribution in [2.24, 2.45) is 5.92 Å². The first-order valence-electron chi connectivity index (χ1n) is 9.25. The topological polar surface area (TPSA) is 73.5 Å². The summed E-state index contributed by atoms with van der Waals surface area (Å²) in [4.78, 5) is 26.5. The van der Waals surface area contributed by atoms with Gasteiger partial charge in [-0.15, -0.1) is 12.4 Å². The molecule has 2 aliphatic heterocycles. The Kier molecular flexibility index (Phi) is 7.72. The summed E-state index contributed by atoms with van der Waals surface area (Å²) in [7, 11) is 0. The van der Waals surface area contributed by atoms with Gasteiger partial charge < -0.3 is 20.9 Å². The number of halogens is 1. The van der Waals surface area contributed by atoms with Gasteiger partial charge in [-0.3, -0.25) is 4.79 Å². The number of nitrogens with one attached hydrogen (secondary N) is 3. The summed E-state index contributed by atoms with van der Waals surface area (Å²) >= 11 is 0. The van der Waals surface area contributed by atoms with Crippen LogP contribution in [0.1, 0.15) is 31.2 Å². The minimum atomic E-state index is -0.190. The fourth-order valence-electron chi connectivity index (χ4n) is 3.60. The maximum Gasteiger partial charge on any atom is 0.319 e. The predicted octanol–water partition coefficient (Wildman–Crippen LogP) is 2.53. The molecule has 7 heteroatoms. The van der Waals surface area contributed by atoms with Gasteiger partial charge >= 0.3 is 6.03 Å². The second kappa shape index (κ2) is 9.78. The van der Waals surface area contributed by atoms with Crippen LogP contribution in [0.2, 0.25) is 0 Å². The quantitative estimate of drug-likeness (QED) is 0.751. The zero-order chi connectivity index (χ0) is 17.6. The van der Waals surface area contributed by atoms with Gasteiger partial charge in [-0.05, 0) is 57.2 Å². The zero-order valence-corrected chi connectivity index (χ0v) is 16.1. The largest absolute Gasteiger partial charge is 0.341 e. The third kappa shape index (κ3) is 5.61. The lowest BCUT2D eigenvalue weighted by Crippen LogP contribution is -2.49. The summed E-state index contributed by atoms with van der Waals surface area (Å²) < 4.78 is 0. The van der Waals surface area contributed by atoms with Crippen LogP contribution in [-0.4, -0.2) is 49.1 Å². The highest BCUT2D eigenvalue weighted by Gasteiger charge is 2.30. The van der Waals surface area contributed by atoms with E-state index in [1.165, 1.54) is 0 Å². The van der Waals surface area contributed by atoms with E-state index in [1.807, 2.05) is 36.1 Å². The molecule has 0 saturated carbocycles. The minimum absolute atomic E-state index is 0. The summed E-state index contributed by atoms with van der Waals surface area (Å²) in [5, 5.41) is 9.07. The number of piperidine rings is 1. The molecular weight excluding hydrogens is 352 g/mol. The molecule has 2 atom stereocenters. The van der Waals surface area contributed by atoms with Gasteiger partial charge in [-0.1, -0.05) is 17.7 Å². The number of amides is 3. The van der Waals surface area contributed by atoms with Crippen molar-refractivity contribution >= 4 is 30.0 Å². The molecule has 26 heavy (non-hydrogen) atoms. The predicted molar refractivity (Wildman–Crippen MR) is 106 cm³/mol. The molecule has 2 fully saturated rings. The lowest BCUT2D eigenvalue weighted by molar-refractivity contribution is -0.134. The van der Waals surface area contributed by atoms with Gasteiger partial charge in [-0.25, -0.2) is 4.79 Å². The number of nitrogens with zero attached hydrogens (tertiary/aromatic N) is 1. The smallest absolute Gasteiger partial charge is 0.319 e. The Bertz CT molecular complexity index is 602. The van der Waals surface area contributed by atoms with Crippen molar-refractivity contribution in [3.05, 3.63) is 29.8 Å². The van der Waals surface area contributed by atoms with E-state index in [1.54, 1.807) is 0 Å². The summed E-state index contributed by atoms with van der Waals surface area (Å²) in [6.07, 6.45) is 4.07. The normalized spacial score (nSPS) is 22.4. The third-order valence-electron chi connectivity index (χ3n) is 5.05. The number of urea groups is 1. The highest BCUT2D eigenvalue weighted by atomic mass is 35.5. The fraction of sp³-hybridized carbons (Fsp3) is 0.579. The van der Waals surface area contributed by atoms with Crippen LogP contribution < -0.4 is 16.0 Å². The molecule has 0 radical (unpaired) electrons. The third-order valence-corrected chi connectivity index (χ3v) is 5.05. The van der Waals surface area contributed by atoms with E-state index in [0.717, 1.165) is 56.6 Å². The molecule has 144 valence electrons. The van der Waals surface area contributed by atoms with E-state index in [0.29, 0.717) is 12.5 Å². The average Bonchev–Trinajstić information content (AvgIpc) is 3.16. The fourth-order valence-corrected chi connectivity index (χ4v) is 3.60. The van der Waals surface area contributed by atoms with Gasteiger partial charge in [0.1, 0.15) is 0 Å². The van der Waals surface area contributed by atoms with Crippen LogP contribution in [0.3, 0.4) is 0 Å². The van der Waals surface area contributed by atoms with E-state index in [2.05, 4.69) is 16.0 Å². The molecule has 1 aromatic carbocycles. The van der Waals surface area contributed by atoms with Gasteiger partial charge in [0, 0.05) is 25.3 Å². The van der Waals surface area contributed by atoms with E-state index < -0.39 is 0 Å². The van der Waals surface area contributed by atoms with E-state index in [-0.39, 0.29) is 30.4 Å². The monoisotopic (exact) mass is 380 g/mol. The number of rotatable bonds is 4. The molecule has 3 amide bonds. The first kappa shape index (κ1) is 20.5. The lowest BCUT2D eigenvalue weighted by Gasteiger charge is -2.34. The van der Waals surface area contributed by atoms with Gasteiger partial charge in [0.2, 0.25) is 5.91 Å². The van der Waals surface area contributed by atoms with Gasteiger partial charge in [0.25, 0.3) is 0 Å². The second-order valence-corrected chi connectivity index (χ2v) is 7.14. The van der Waals surface area contributed by atoms with Crippen molar-refractivity contribution < 1.29 is 9.59 Å². The Labute approximate surface area is 161 Å².